The van der Waals surface area contributed by atoms with Crippen LogP contribution in [0.25, 0.3) is 33.2 Å². The van der Waals surface area contributed by atoms with Gasteiger partial charge in [-0.25, -0.2) is 0 Å². The predicted octanol–water partition coefficient (Wildman–Crippen LogP) is 3.69. The first-order valence-electron chi connectivity index (χ1n) is 9.02. The van der Waals surface area contributed by atoms with Crippen LogP contribution in [0.5, 0.6) is 5.75 Å². The highest BCUT2D eigenvalue weighted by molar-refractivity contribution is 6.33. The second kappa shape index (κ2) is 6.25. The summed E-state index contributed by atoms with van der Waals surface area (Å²) in [5.41, 5.74) is -0.517. The Morgan fingerprint density at radius 3 is 2.50 bits per heavy atom. The van der Waals surface area contributed by atoms with Crippen LogP contribution in [-0.4, -0.2) is 40.5 Å². The molecule has 2 aromatic carbocycles. The standard InChI is InChI=1S/C21H15Cl2N3O4/c1-24-20(28)21(29)19(27)15-11-7-9(22)3-5-13(11)25-16(15)17-18(30-2)12-8-10(23)4-6-14(12)26(17)21/h3-8,25,29H,1-2H3,(H,24,28)/t21-/m1/s1. The number of fused-ring (bicyclic) bond motifs is 7. The van der Waals surface area contributed by atoms with Gasteiger partial charge in [-0.2, -0.15) is 0 Å². The van der Waals surface area contributed by atoms with Crippen molar-refractivity contribution < 1.29 is 19.4 Å². The third-order valence-electron chi connectivity index (χ3n) is 5.50. The van der Waals surface area contributed by atoms with Crippen molar-refractivity contribution >= 4 is 56.7 Å². The molecule has 5 rings (SSSR count). The third kappa shape index (κ3) is 2.19. The molecular formula is C21H15Cl2N3O4. The number of hydrogen-bond donors (Lipinski definition) is 3. The molecule has 3 N–H and O–H groups in total. The Labute approximate surface area is 180 Å². The van der Waals surface area contributed by atoms with E-state index in [9.17, 15) is 14.7 Å². The molecule has 0 bridgehead atoms. The lowest BCUT2D eigenvalue weighted by atomic mass is 9.91. The van der Waals surface area contributed by atoms with Gasteiger partial charge in [0.1, 0.15) is 5.69 Å². The number of carbonyl (C=O) groups is 2. The zero-order valence-corrected chi connectivity index (χ0v) is 17.4. The average Bonchev–Trinajstić information content (AvgIpc) is 3.26. The van der Waals surface area contributed by atoms with E-state index >= 15 is 0 Å². The van der Waals surface area contributed by atoms with Crippen LogP contribution in [0.2, 0.25) is 10.0 Å². The lowest BCUT2D eigenvalue weighted by Gasteiger charge is -2.32. The van der Waals surface area contributed by atoms with Gasteiger partial charge in [0.25, 0.3) is 11.6 Å². The largest absolute Gasteiger partial charge is 0.494 e. The van der Waals surface area contributed by atoms with E-state index < -0.39 is 17.4 Å². The Morgan fingerprint density at radius 1 is 1.17 bits per heavy atom. The normalized spacial score (nSPS) is 17.8. The number of carbonyl (C=O) groups excluding carboxylic acids is 2. The zero-order valence-electron chi connectivity index (χ0n) is 15.8. The fraction of sp³-hybridized carbons (Fsp3) is 0.143. The highest BCUT2D eigenvalue weighted by atomic mass is 35.5. The molecule has 0 spiro atoms. The number of aromatic amines is 1. The number of nitrogens with one attached hydrogen (secondary N) is 2. The van der Waals surface area contributed by atoms with Crippen LogP contribution < -0.4 is 10.1 Å². The molecule has 152 valence electrons. The van der Waals surface area contributed by atoms with Gasteiger partial charge in [0.05, 0.1) is 23.9 Å². The van der Waals surface area contributed by atoms with Crippen molar-refractivity contribution in [1.82, 2.24) is 14.9 Å². The van der Waals surface area contributed by atoms with Crippen molar-refractivity contribution in [2.75, 3.05) is 14.2 Å². The maximum absolute atomic E-state index is 13.6. The van der Waals surface area contributed by atoms with Crippen molar-refractivity contribution in [3.8, 4) is 17.1 Å². The Balaban J connectivity index is 2.04. The monoisotopic (exact) mass is 443 g/mol. The minimum absolute atomic E-state index is 0.165. The number of ether oxygens (including phenoxy) is 1. The van der Waals surface area contributed by atoms with Gasteiger partial charge in [-0.05, 0) is 36.4 Å². The van der Waals surface area contributed by atoms with Gasteiger partial charge >= 0.3 is 0 Å². The van der Waals surface area contributed by atoms with Gasteiger partial charge in [0.2, 0.25) is 5.78 Å². The van der Waals surface area contributed by atoms with Gasteiger partial charge in [-0.15, -0.1) is 0 Å². The van der Waals surface area contributed by atoms with Crippen LogP contribution in [0, 0.1) is 0 Å². The summed E-state index contributed by atoms with van der Waals surface area (Å²) in [7, 11) is 2.83. The summed E-state index contributed by atoms with van der Waals surface area (Å²) in [4.78, 5) is 29.8. The van der Waals surface area contributed by atoms with Crippen molar-refractivity contribution in [3.05, 3.63) is 52.0 Å². The number of amides is 1. The summed E-state index contributed by atoms with van der Waals surface area (Å²) in [6.45, 7) is 0. The Bertz CT molecular complexity index is 1400. The quantitative estimate of drug-likeness (QED) is 0.411. The third-order valence-corrected chi connectivity index (χ3v) is 5.97. The van der Waals surface area contributed by atoms with Gasteiger partial charge < -0.3 is 20.1 Å². The summed E-state index contributed by atoms with van der Waals surface area (Å²) in [5.74, 6) is -1.26. The van der Waals surface area contributed by atoms with Crippen molar-refractivity contribution in [3.63, 3.8) is 0 Å². The fourth-order valence-corrected chi connectivity index (χ4v) is 4.58. The molecule has 0 radical (unpaired) electrons. The number of likely N-dealkylation sites (N-methyl/N-ethyl adjacent to an activating group) is 1. The maximum atomic E-state index is 13.6. The number of nitrogens with zero attached hydrogens (tertiary/aromatic N) is 1. The first kappa shape index (κ1) is 19.0. The molecular weight excluding hydrogens is 429 g/mol. The summed E-state index contributed by atoms with van der Waals surface area (Å²) in [6, 6.07) is 9.96. The Morgan fingerprint density at radius 2 is 1.83 bits per heavy atom. The zero-order chi connectivity index (χ0) is 21.4. The highest BCUT2D eigenvalue weighted by Gasteiger charge is 2.54. The predicted molar refractivity (Wildman–Crippen MR) is 114 cm³/mol. The molecule has 9 heteroatoms. The van der Waals surface area contributed by atoms with Crippen LogP contribution in [0.15, 0.2) is 36.4 Å². The van der Waals surface area contributed by atoms with E-state index in [0.717, 1.165) is 0 Å². The van der Waals surface area contributed by atoms with E-state index in [4.69, 9.17) is 27.9 Å². The second-order valence-electron chi connectivity index (χ2n) is 7.02. The second-order valence-corrected chi connectivity index (χ2v) is 7.90. The van der Waals surface area contributed by atoms with E-state index in [2.05, 4.69) is 10.3 Å². The first-order valence-corrected chi connectivity index (χ1v) is 9.78. The molecule has 30 heavy (non-hydrogen) atoms. The van der Waals surface area contributed by atoms with E-state index in [0.29, 0.717) is 49.0 Å². The summed E-state index contributed by atoms with van der Waals surface area (Å²) in [5, 5.41) is 15.9. The molecule has 7 nitrogen and oxygen atoms in total. The Kier molecular flexibility index (Phi) is 3.96. The van der Waals surface area contributed by atoms with Gasteiger partial charge in [-0.1, -0.05) is 23.2 Å². The molecule has 1 aliphatic heterocycles. The molecule has 1 aliphatic rings. The molecule has 0 saturated carbocycles. The molecule has 0 fully saturated rings. The van der Waals surface area contributed by atoms with Crippen LogP contribution in [0.3, 0.4) is 0 Å². The number of H-pyrrole nitrogens is 1. The SMILES string of the molecule is CNC(=O)[C@]1(O)C(=O)c2c([nH]c3ccc(Cl)cc23)-c2c(OC)c3cc(Cl)ccc3n21. The smallest absolute Gasteiger partial charge is 0.289 e. The molecule has 0 aliphatic carbocycles. The molecule has 0 saturated heterocycles. The number of benzene rings is 2. The van der Waals surface area contributed by atoms with Crippen molar-refractivity contribution in [2.45, 2.75) is 5.72 Å². The van der Waals surface area contributed by atoms with Crippen LogP contribution in [0.1, 0.15) is 10.4 Å². The van der Waals surface area contributed by atoms with Crippen LogP contribution >= 0.6 is 23.2 Å². The molecule has 2 aromatic heterocycles. The summed E-state index contributed by atoms with van der Waals surface area (Å²) in [6.07, 6.45) is 0. The topological polar surface area (TPSA) is 96.3 Å². The molecule has 4 aromatic rings. The number of aliphatic hydroxyl groups is 1. The minimum Gasteiger partial charge on any atom is -0.494 e. The molecule has 1 atom stereocenters. The molecule has 0 unspecified atom stereocenters. The van der Waals surface area contributed by atoms with E-state index in [1.807, 2.05) is 0 Å². The lowest BCUT2D eigenvalue weighted by Crippen LogP contribution is -2.55. The van der Waals surface area contributed by atoms with Crippen LogP contribution in [0.4, 0.5) is 0 Å². The van der Waals surface area contributed by atoms with Gasteiger partial charge in [0, 0.05) is 33.4 Å². The van der Waals surface area contributed by atoms with Crippen molar-refractivity contribution in [1.29, 1.82) is 0 Å². The van der Waals surface area contributed by atoms with Crippen LogP contribution in [-0.2, 0) is 10.5 Å². The highest BCUT2D eigenvalue weighted by Crippen LogP contribution is 2.50. The number of ketones is 1. The lowest BCUT2D eigenvalue weighted by molar-refractivity contribution is -0.142. The fourth-order valence-electron chi connectivity index (χ4n) is 4.24. The van der Waals surface area contributed by atoms with E-state index in [1.54, 1.807) is 36.4 Å². The maximum Gasteiger partial charge on any atom is 0.289 e. The average molecular weight is 444 g/mol. The van der Waals surface area contributed by atoms with Gasteiger partial charge in [0.15, 0.2) is 5.75 Å². The number of halogens is 2. The van der Waals surface area contributed by atoms with E-state index in [-0.39, 0.29) is 5.56 Å². The number of Topliss-reactive ketones (excluding diaryl/α,β-unsaturated/α-hetero) is 1. The van der Waals surface area contributed by atoms with E-state index in [1.165, 1.54) is 18.7 Å². The minimum atomic E-state index is -2.53. The van der Waals surface area contributed by atoms with Crippen molar-refractivity contribution in [2.24, 2.45) is 0 Å². The number of hydrogen-bond acceptors (Lipinski definition) is 4. The first-order chi connectivity index (χ1) is 14.3. The number of aromatic nitrogens is 2. The number of rotatable bonds is 2. The van der Waals surface area contributed by atoms with Gasteiger partial charge in [-0.3, -0.25) is 14.2 Å². The molecule has 1 amide bonds. The Hall–Kier alpha value is -3.00. The summed E-state index contributed by atoms with van der Waals surface area (Å²) >= 11 is 12.3. The molecule has 3 heterocycles. The summed E-state index contributed by atoms with van der Waals surface area (Å²) < 4.78 is 6.95. The number of methoxy groups -OCH3 is 1.